The van der Waals surface area contributed by atoms with Crippen LogP contribution in [0.1, 0.15) is 12.8 Å². The third-order valence-corrected chi connectivity index (χ3v) is 6.77. The fourth-order valence-corrected chi connectivity index (χ4v) is 4.19. The van der Waals surface area contributed by atoms with E-state index in [2.05, 4.69) is 39.8 Å². The maximum atomic E-state index is 12.2. The van der Waals surface area contributed by atoms with Gasteiger partial charge in [0, 0.05) is 45.3 Å². The van der Waals surface area contributed by atoms with Crippen LogP contribution < -0.4 is 4.90 Å². The summed E-state index contributed by atoms with van der Waals surface area (Å²) < 4.78 is 7.80. The first-order chi connectivity index (χ1) is 13.8. The monoisotopic (exact) mass is 414 g/mol. The van der Waals surface area contributed by atoms with Crippen LogP contribution in [0.25, 0.3) is 22.3 Å². The fraction of sp³-hybridized carbons (Fsp3) is 0.474. The van der Waals surface area contributed by atoms with Crippen LogP contribution in [0.5, 0.6) is 0 Å². The van der Waals surface area contributed by atoms with Gasteiger partial charge in [-0.15, -0.1) is 0 Å². The molecule has 0 aliphatic carbocycles. The molecule has 0 spiro atoms. The number of nitrogens with one attached hydrogen (secondary N) is 1. The molecule has 0 aromatic carbocycles. The van der Waals surface area contributed by atoms with Gasteiger partial charge in [-0.25, -0.2) is 9.97 Å². The number of rotatable bonds is 7. The zero-order valence-corrected chi connectivity index (χ0v) is 17.9. The van der Waals surface area contributed by atoms with Crippen molar-refractivity contribution in [1.29, 1.82) is 0 Å². The second kappa shape index (κ2) is 7.69. The molecule has 1 saturated heterocycles. The molecule has 9 nitrogen and oxygen atoms in total. The van der Waals surface area contributed by atoms with Crippen LogP contribution in [0.3, 0.4) is 0 Å². The van der Waals surface area contributed by atoms with Crippen molar-refractivity contribution in [2.24, 2.45) is 0 Å². The molecular weight excluding hydrogens is 388 g/mol. The number of fused-ring (bicyclic) bond motifs is 1. The molecule has 1 aliphatic heterocycles. The average Bonchev–Trinajstić information content (AvgIpc) is 3.37. The Hall–Kier alpha value is -2.56. The SMILES string of the molecule is C[Si](C)(C)CCOCn1ccc2c(-c3c[nH]nc3N3C(=O)CCC3O)ncnc21. The minimum atomic E-state index is -1.13. The summed E-state index contributed by atoms with van der Waals surface area (Å²) in [6, 6.07) is 3.04. The molecule has 3 aromatic rings. The van der Waals surface area contributed by atoms with E-state index in [1.54, 1.807) is 6.20 Å². The topological polar surface area (TPSA) is 109 Å². The summed E-state index contributed by atoms with van der Waals surface area (Å²) >= 11 is 0. The normalized spacial score (nSPS) is 17.6. The van der Waals surface area contributed by atoms with Crippen LogP contribution in [0.2, 0.25) is 25.7 Å². The highest BCUT2D eigenvalue weighted by molar-refractivity contribution is 6.76. The third-order valence-electron chi connectivity index (χ3n) is 5.07. The number of nitrogens with zero attached hydrogens (tertiary/aromatic N) is 5. The van der Waals surface area contributed by atoms with Crippen molar-refractivity contribution in [3.8, 4) is 11.3 Å². The minimum absolute atomic E-state index is 0.149. The highest BCUT2D eigenvalue weighted by atomic mass is 28.3. The van der Waals surface area contributed by atoms with Gasteiger partial charge in [0.25, 0.3) is 0 Å². The van der Waals surface area contributed by atoms with Crippen LogP contribution in [-0.2, 0) is 16.3 Å². The van der Waals surface area contributed by atoms with E-state index >= 15 is 0 Å². The molecule has 1 atom stereocenters. The second-order valence-corrected chi connectivity index (χ2v) is 14.1. The number of ether oxygens (including phenoxy) is 1. The van der Waals surface area contributed by atoms with E-state index in [4.69, 9.17) is 4.74 Å². The molecule has 4 rings (SSSR count). The summed E-state index contributed by atoms with van der Waals surface area (Å²) in [6.07, 6.45) is 4.94. The van der Waals surface area contributed by atoms with Gasteiger partial charge < -0.3 is 14.4 Å². The van der Waals surface area contributed by atoms with Gasteiger partial charge >= 0.3 is 0 Å². The minimum Gasteiger partial charge on any atom is -0.373 e. The van der Waals surface area contributed by atoms with Crippen molar-refractivity contribution in [2.75, 3.05) is 11.5 Å². The standard InChI is InChI=1S/C19H26N6O3Si/c1-29(2,3)9-8-28-12-24-7-6-13-17(20-11-21-18(13)24)14-10-22-23-19(14)25-15(26)4-5-16(25)27/h6-7,10-11,15,26H,4-5,8-9,12H2,1-3H3,(H,22,23). The van der Waals surface area contributed by atoms with Crippen molar-refractivity contribution in [3.63, 3.8) is 0 Å². The lowest BCUT2D eigenvalue weighted by molar-refractivity contribution is -0.117. The van der Waals surface area contributed by atoms with Crippen molar-refractivity contribution in [3.05, 3.63) is 24.8 Å². The Morgan fingerprint density at radius 1 is 1.34 bits per heavy atom. The van der Waals surface area contributed by atoms with E-state index in [9.17, 15) is 9.90 Å². The van der Waals surface area contributed by atoms with Gasteiger partial charge in [-0.05, 0) is 12.1 Å². The molecule has 1 unspecified atom stereocenters. The van der Waals surface area contributed by atoms with Gasteiger partial charge in [-0.2, -0.15) is 5.10 Å². The number of hydrogen-bond acceptors (Lipinski definition) is 6. The number of carbonyl (C=O) groups excluding carboxylic acids is 1. The van der Waals surface area contributed by atoms with Crippen LogP contribution >= 0.6 is 0 Å². The Bertz CT molecular complexity index is 1020. The summed E-state index contributed by atoms with van der Waals surface area (Å²) in [5.74, 6) is 0.239. The molecule has 4 heterocycles. The van der Waals surface area contributed by atoms with Crippen LogP contribution in [-0.4, -0.2) is 56.7 Å². The molecule has 154 valence electrons. The summed E-state index contributed by atoms with van der Waals surface area (Å²) in [5.41, 5.74) is 2.07. The molecule has 29 heavy (non-hydrogen) atoms. The molecule has 0 radical (unpaired) electrons. The maximum Gasteiger partial charge on any atom is 0.230 e. The van der Waals surface area contributed by atoms with Crippen LogP contribution in [0.4, 0.5) is 5.82 Å². The van der Waals surface area contributed by atoms with Crippen molar-refractivity contribution in [2.45, 2.75) is 51.5 Å². The fourth-order valence-electron chi connectivity index (χ4n) is 3.43. The molecule has 2 N–H and O–H groups in total. The molecule has 0 bridgehead atoms. The molecule has 1 amide bonds. The molecule has 10 heteroatoms. The molecule has 1 fully saturated rings. The summed E-state index contributed by atoms with van der Waals surface area (Å²) in [7, 11) is -1.13. The lowest BCUT2D eigenvalue weighted by atomic mass is 10.1. The predicted octanol–water partition coefficient (Wildman–Crippen LogP) is 2.58. The van der Waals surface area contributed by atoms with E-state index in [-0.39, 0.29) is 5.91 Å². The second-order valence-electron chi connectivity index (χ2n) is 8.50. The quantitative estimate of drug-likeness (QED) is 0.454. The lowest BCUT2D eigenvalue weighted by Crippen LogP contribution is -2.33. The first-order valence-corrected chi connectivity index (χ1v) is 13.5. The van der Waals surface area contributed by atoms with Gasteiger partial charge in [0.15, 0.2) is 5.82 Å². The number of anilines is 1. The highest BCUT2D eigenvalue weighted by Crippen LogP contribution is 2.35. The Morgan fingerprint density at radius 2 is 2.17 bits per heavy atom. The number of amides is 1. The van der Waals surface area contributed by atoms with E-state index in [1.807, 2.05) is 16.8 Å². The Balaban J connectivity index is 1.61. The molecule has 3 aromatic heterocycles. The molecule has 1 aliphatic rings. The van der Waals surface area contributed by atoms with Gasteiger partial charge in [0.05, 0.1) is 11.3 Å². The number of aliphatic hydroxyl groups excluding tert-OH is 1. The van der Waals surface area contributed by atoms with E-state index in [0.29, 0.717) is 36.6 Å². The number of aliphatic hydroxyl groups is 1. The summed E-state index contributed by atoms with van der Waals surface area (Å²) in [5, 5.41) is 18.0. The van der Waals surface area contributed by atoms with Crippen molar-refractivity contribution < 1.29 is 14.6 Å². The maximum absolute atomic E-state index is 12.2. The van der Waals surface area contributed by atoms with Crippen molar-refractivity contribution >= 4 is 30.8 Å². The first-order valence-electron chi connectivity index (χ1n) is 9.77. The van der Waals surface area contributed by atoms with E-state index < -0.39 is 14.3 Å². The largest absolute Gasteiger partial charge is 0.373 e. The Kier molecular flexibility index (Phi) is 5.24. The molecule has 0 saturated carbocycles. The number of hydrogen-bond donors (Lipinski definition) is 2. The number of aromatic amines is 1. The third kappa shape index (κ3) is 3.96. The number of carbonyl (C=O) groups is 1. The summed E-state index contributed by atoms with van der Waals surface area (Å²) in [6.45, 7) is 8.13. The number of aromatic nitrogens is 5. The van der Waals surface area contributed by atoms with Crippen molar-refractivity contribution in [1.82, 2.24) is 24.7 Å². The zero-order valence-electron chi connectivity index (χ0n) is 16.9. The summed E-state index contributed by atoms with van der Waals surface area (Å²) in [4.78, 5) is 22.4. The number of H-pyrrole nitrogens is 1. The zero-order chi connectivity index (χ0) is 20.6. The Labute approximate surface area is 169 Å². The van der Waals surface area contributed by atoms with Gasteiger partial charge in [-0.1, -0.05) is 19.6 Å². The van der Waals surface area contributed by atoms with E-state index in [1.165, 1.54) is 11.2 Å². The lowest BCUT2D eigenvalue weighted by Gasteiger charge is -2.19. The Morgan fingerprint density at radius 3 is 2.90 bits per heavy atom. The predicted molar refractivity (Wildman–Crippen MR) is 112 cm³/mol. The van der Waals surface area contributed by atoms with Gasteiger partial charge in [0.1, 0.15) is 24.9 Å². The highest BCUT2D eigenvalue weighted by Gasteiger charge is 2.34. The van der Waals surface area contributed by atoms with Gasteiger partial charge in [0.2, 0.25) is 5.91 Å². The van der Waals surface area contributed by atoms with Crippen LogP contribution in [0, 0.1) is 0 Å². The van der Waals surface area contributed by atoms with Crippen LogP contribution in [0.15, 0.2) is 24.8 Å². The molecular formula is C19H26N6O3Si. The van der Waals surface area contributed by atoms with E-state index in [0.717, 1.165) is 23.7 Å². The smallest absolute Gasteiger partial charge is 0.230 e. The average molecular weight is 415 g/mol. The van der Waals surface area contributed by atoms with Gasteiger partial charge in [-0.3, -0.25) is 14.8 Å². The first kappa shape index (κ1) is 19.7.